The molecule has 0 unspecified atom stereocenters. The van der Waals surface area contributed by atoms with Crippen LogP contribution in [0.4, 0.5) is 10.1 Å². The smallest absolute Gasteiger partial charge is 0.269 e. The summed E-state index contributed by atoms with van der Waals surface area (Å²) in [6.45, 7) is 5.77. The molecule has 0 saturated heterocycles. The number of anilines is 1. The van der Waals surface area contributed by atoms with Crippen molar-refractivity contribution in [3.63, 3.8) is 0 Å². The fourth-order valence-electron chi connectivity index (χ4n) is 3.91. The maximum absolute atomic E-state index is 14.4. The Morgan fingerprint density at radius 1 is 1.34 bits per heavy atom. The molecule has 3 aromatic rings. The molecule has 1 aliphatic heterocycles. The van der Waals surface area contributed by atoms with E-state index in [1.807, 2.05) is 6.92 Å². The third-order valence-electron chi connectivity index (χ3n) is 5.78. The topological polar surface area (TPSA) is 90.5 Å². The average molecular weight is 539 g/mol. The van der Waals surface area contributed by atoms with Gasteiger partial charge in [0, 0.05) is 24.3 Å². The lowest BCUT2D eigenvalue weighted by Gasteiger charge is -2.37. The molecule has 0 fully saturated rings. The molecule has 0 bridgehead atoms. The molecule has 7 nitrogen and oxygen atoms in total. The zero-order valence-corrected chi connectivity index (χ0v) is 21.7. The third-order valence-corrected chi connectivity index (χ3v) is 8.27. The second-order valence-electron chi connectivity index (χ2n) is 8.34. The summed E-state index contributed by atoms with van der Waals surface area (Å²) in [5, 5.41) is 4.24. The van der Waals surface area contributed by atoms with Gasteiger partial charge in [-0.15, -0.1) is 0 Å². The van der Waals surface area contributed by atoms with Crippen molar-refractivity contribution in [3.8, 4) is 5.75 Å². The number of nitrogens with two attached hydrogens (primary N) is 1. The van der Waals surface area contributed by atoms with Crippen LogP contribution in [-0.2, 0) is 16.6 Å². The number of hydrogen-bond acceptors (Lipinski definition) is 5. The first-order valence-electron chi connectivity index (χ1n) is 11.0. The third kappa shape index (κ3) is 4.91. The summed E-state index contributed by atoms with van der Waals surface area (Å²) >= 11 is 12.4. The number of allylic oxidation sites excluding steroid dienone is 1. The highest BCUT2D eigenvalue weighted by molar-refractivity contribution is 7.93. The van der Waals surface area contributed by atoms with E-state index in [4.69, 9.17) is 33.7 Å². The number of nitrogens with zero attached hydrogens (tertiary/aromatic N) is 3. The van der Waals surface area contributed by atoms with Crippen LogP contribution in [-0.4, -0.2) is 36.9 Å². The Morgan fingerprint density at radius 2 is 2.09 bits per heavy atom. The number of fused-ring (bicyclic) bond motifs is 1. The number of hydrogen-bond donors (Lipinski definition) is 1. The van der Waals surface area contributed by atoms with Crippen LogP contribution in [0.5, 0.6) is 5.75 Å². The summed E-state index contributed by atoms with van der Waals surface area (Å²) in [5.41, 5.74) is 7.89. The normalized spacial score (nSPS) is 17.2. The summed E-state index contributed by atoms with van der Waals surface area (Å²) < 4.78 is 50.6. The number of benzene rings is 2. The van der Waals surface area contributed by atoms with Crippen molar-refractivity contribution in [2.45, 2.75) is 44.4 Å². The van der Waals surface area contributed by atoms with E-state index in [0.717, 1.165) is 0 Å². The molecule has 2 heterocycles. The Morgan fingerprint density at radius 3 is 2.71 bits per heavy atom. The van der Waals surface area contributed by atoms with Gasteiger partial charge in [-0.25, -0.2) is 12.8 Å². The molecular weight excluding hydrogens is 514 g/mol. The largest absolute Gasteiger partial charge is 0.485 e. The maximum Gasteiger partial charge on any atom is 0.269 e. The van der Waals surface area contributed by atoms with E-state index in [-0.39, 0.29) is 27.2 Å². The van der Waals surface area contributed by atoms with E-state index in [1.54, 1.807) is 44.2 Å². The summed E-state index contributed by atoms with van der Waals surface area (Å²) in [5.74, 6) is -0.0843. The molecule has 0 spiro atoms. The Kier molecular flexibility index (Phi) is 7.15. The second kappa shape index (κ2) is 9.81. The standard InChI is InChI=1S/C24H25Cl2FN4O3S/c1-4-30-13-22(24(26)29-30)35(32,33)31-12-21(15(3)28)34-20-9-8-16(11-19(20)31)10-14(2)23-17(25)6-5-7-18(23)27/h5-11,13,15,21H,4,12,28H2,1-3H3/b14-10+/t15-,21+/m1/s1. The van der Waals surface area contributed by atoms with Gasteiger partial charge in [0.25, 0.3) is 10.0 Å². The van der Waals surface area contributed by atoms with Gasteiger partial charge in [-0.3, -0.25) is 8.99 Å². The van der Waals surface area contributed by atoms with Gasteiger partial charge in [0.05, 0.1) is 17.3 Å². The van der Waals surface area contributed by atoms with E-state index in [9.17, 15) is 12.8 Å². The summed E-state index contributed by atoms with van der Waals surface area (Å²) in [6.07, 6.45) is 2.56. The molecule has 2 aromatic carbocycles. The second-order valence-corrected chi connectivity index (χ2v) is 10.9. The van der Waals surface area contributed by atoms with Crippen molar-refractivity contribution in [2.75, 3.05) is 10.8 Å². The Balaban J connectivity index is 1.82. The zero-order valence-electron chi connectivity index (χ0n) is 19.4. The number of aromatic nitrogens is 2. The molecule has 0 saturated carbocycles. The molecule has 0 aliphatic carbocycles. The van der Waals surface area contributed by atoms with Crippen molar-refractivity contribution in [1.29, 1.82) is 0 Å². The van der Waals surface area contributed by atoms with Crippen LogP contribution in [0.25, 0.3) is 11.6 Å². The average Bonchev–Trinajstić information content (AvgIpc) is 3.19. The van der Waals surface area contributed by atoms with E-state index in [2.05, 4.69) is 5.10 Å². The molecule has 2 N–H and O–H groups in total. The lowest BCUT2D eigenvalue weighted by molar-refractivity contribution is 0.176. The number of halogens is 3. The number of rotatable bonds is 6. The minimum atomic E-state index is -4.09. The highest BCUT2D eigenvalue weighted by Crippen LogP contribution is 2.40. The number of aryl methyl sites for hydroxylation is 1. The fourth-order valence-corrected chi connectivity index (χ4v) is 6.15. The quantitative estimate of drug-likeness (QED) is 0.435. The fraction of sp³-hybridized carbons (Fsp3) is 0.292. The molecule has 0 radical (unpaired) electrons. The molecule has 0 amide bonds. The van der Waals surface area contributed by atoms with Gasteiger partial charge in [0.1, 0.15) is 22.6 Å². The van der Waals surface area contributed by atoms with Crippen molar-refractivity contribution in [3.05, 3.63) is 69.7 Å². The van der Waals surface area contributed by atoms with Crippen LogP contribution in [0.1, 0.15) is 31.9 Å². The van der Waals surface area contributed by atoms with E-state index < -0.39 is 28.0 Å². The SMILES string of the molecule is CCn1cc(S(=O)(=O)N2C[C@@H]([C@@H](C)N)Oc3ccc(/C=C(\C)c4c(F)cccc4Cl)cc32)c(Cl)n1. The Labute approximate surface area is 213 Å². The van der Waals surface area contributed by atoms with Gasteiger partial charge < -0.3 is 10.5 Å². The van der Waals surface area contributed by atoms with Gasteiger partial charge in [0.15, 0.2) is 5.15 Å². The predicted molar refractivity (Wildman–Crippen MR) is 137 cm³/mol. The monoisotopic (exact) mass is 538 g/mol. The molecule has 35 heavy (non-hydrogen) atoms. The van der Waals surface area contributed by atoms with Gasteiger partial charge >= 0.3 is 0 Å². The zero-order chi connectivity index (χ0) is 25.5. The predicted octanol–water partition coefficient (Wildman–Crippen LogP) is 5.21. The van der Waals surface area contributed by atoms with Crippen molar-refractivity contribution < 1.29 is 17.5 Å². The van der Waals surface area contributed by atoms with Gasteiger partial charge in [-0.2, -0.15) is 5.10 Å². The van der Waals surface area contributed by atoms with E-state index in [0.29, 0.717) is 29.1 Å². The van der Waals surface area contributed by atoms with Crippen LogP contribution in [0.15, 0.2) is 47.5 Å². The minimum absolute atomic E-state index is 0.00801. The molecule has 1 aromatic heterocycles. The first-order chi connectivity index (χ1) is 16.5. The maximum atomic E-state index is 14.4. The number of sulfonamides is 1. The summed E-state index contributed by atoms with van der Waals surface area (Å²) in [7, 11) is -4.09. The van der Waals surface area contributed by atoms with Crippen LogP contribution >= 0.6 is 23.2 Å². The molecule has 186 valence electrons. The van der Waals surface area contributed by atoms with Crippen molar-refractivity contribution in [1.82, 2.24) is 9.78 Å². The van der Waals surface area contributed by atoms with Gasteiger partial charge in [0.2, 0.25) is 0 Å². The summed E-state index contributed by atoms with van der Waals surface area (Å²) in [6, 6.07) is 9.15. The lowest BCUT2D eigenvalue weighted by Crippen LogP contribution is -2.50. The molecule has 4 rings (SSSR count). The Bertz CT molecular complexity index is 1390. The Hall–Kier alpha value is -2.59. The highest BCUT2D eigenvalue weighted by atomic mass is 35.5. The molecule has 1 aliphatic rings. The first-order valence-corrected chi connectivity index (χ1v) is 13.2. The van der Waals surface area contributed by atoms with Gasteiger partial charge in [-0.05, 0) is 56.2 Å². The van der Waals surface area contributed by atoms with Crippen molar-refractivity contribution >= 4 is 50.6 Å². The number of ether oxygens (including phenoxy) is 1. The minimum Gasteiger partial charge on any atom is -0.485 e. The lowest BCUT2D eigenvalue weighted by atomic mass is 10.0. The van der Waals surface area contributed by atoms with Crippen molar-refractivity contribution in [2.24, 2.45) is 5.73 Å². The van der Waals surface area contributed by atoms with Gasteiger partial charge in [-0.1, -0.05) is 41.4 Å². The first kappa shape index (κ1) is 25.5. The van der Waals surface area contributed by atoms with E-state index >= 15 is 0 Å². The van der Waals surface area contributed by atoms with Crippen LogP contribution in [0.2, 0.25) is 10.2 Å². The summed E-state index contributed by atoms with van der Waals surface area (Å²) in [4.78, 5) is -0.104. The molecule has 2 atom stereocenters. The highest BCUT2D eigenvalue weighted by Gasteiger charge is 2.38. The van der Waals surface area contributed by atoms with E-state index in [1.165, 1.54) is 27.3 Å². The molecular formula is C24H25Cl2FN4O3S. The van der Waals surface area contributed by atoms with Crippen LogP contribution < -0.4 is 14.8 Å². The van der Waals surface area contributed by atoms with Crippen LogP contribution in [0, 0.1) is 5.82 Å². The molecule has 11 heteroatoms. The van der Waals surface area contributed by atoms with Crippen LogP contribution in [0.3, 0.4) is 0 Å².